The van der Waals surface area contributed by atoms with E-state index in [-0.39, 0.29) is 26.8 Å². The topological polar surface area (TPSA) is 64.1 Å². The van der Waals surface area contributed by atoms with E-state index in [1.165, 1.54) is 0 Å². The van der Waals surface area contributed by atoms with Crippen LogP contribution < -0.4 is 4.74 Å². The maximum Gasteiger partial charge on any atom is 0.240 e. The third-order valence-electron chi connectivity index (χ3n) is 6.83. The summed E-state index contributed by atoms with van der Waals surface area (Å²) in [7, 11) is 0. The molecule has 0 bridgehead atoms. The van der Waals surface area contributed by atoms with E-state index in [0.29, 0.717) is 22.8 Å². The van der Waals surface area contributed by atoms with Crippen LogP contribution in [0.15, 0.2) is 97.3 Å². The summed E-state index contributed by atoms with van der Waals surface area (Å²) in [6, 6.07) is 31.2. The number of nitrogens with zero attached hydrogens (tertiary/aromatic N) is 4. The third-order valence-corrected chi connectivity index (χ3v) is 6.83. The number of hydrogen-bond donors (Lipinski definition) is 1. The molecule has 0 saturated carbocycles. The molecular formula is C30H17N4O2Pt-. The molecule has 4 heterocycles. The molecule has 8 aromatic rings. The molecule has 0 amide bonds. The molecule has 0 aliphatic carbocycles. The molecule has 4 aromatic heterocycles. The standard InChI is InChI=1S/C30H17N4O2.Pt/c35-25-15-7-12-21-20-10-4-6-14-24(20)34-17-27(32-30(34)28(21)25)36-26-16-33-23-13-5-3-9-19(23)18-8-1-2-11-22(18)29(33)31-26;/h1-10,12-17,35H;/q-1;. The van der Waals surface area contributed by atoms with Crippen molar-refractivity contribution in [2.45, 2.75) is 0 Å². The average molecular weight is 661 g/mol. The fraction of sp³-hybridized carbons (Fsp3) is 0. The molecule has 0 fully saturated rings. The SMILES string of the molecule is Oc1cccc2c3ccccc3n3cc(Oc4cn5c6ccccc6c6ccc[c-]c6c5n4)nc3c12.[Pt]. The zero-order valence-electron chi connectivity index (χ0n) is 19.2. The summed E-state index contributed by atoms with van der Waals surface area (Å²) in [6.45, 7) is 0. The predicted octanol–water partition coefficient (Wildman–Crippen LogP) is 6.89. The van der Waals surface area contributed by atoms with Gasteiger partial charge in [-0.3, -0.25) is 4.40 Å². The first kappa shape index (κ1) is 21.8. The number of ether oxygens (including phenoxy) is 1. The Hall–Kier alpha value is -4.41. The molecular weight excluding hydrogens is 643 g/mol. The van der Waals surface area contributed by atoms with Crippen LogP contribution in [0, 0.1) is 6.07 Å². The molecule has 0 aliphatic heterocycles. The second-order valence-corrected chi connectivity index (χ2v) is 8.84. The van der Waals surface area contributed by atoms with E-state index in [2.05, 4.69) is 24.3 Å². The van der Waals surface area contributed by atoms with Crippen molar-refractivity contribution < 1.29 is 30.9 Å². The zero-order chi connectivity index (χ0) is 23.8. The van der Waals surface area contributed by atoms with Crippen LogP contribution in [-0.2, 0) is 21.1 Å². The second-order valence-electron chi connectivity index (χ2n) is 8.84. The quantitative estimate of drug-likeness (QED) is 0.162. The number of aromatic hydroxyl groups is 1. The van der Waals surface area contributed by atoms with Gasteiger partial charge in [-0.05, 0) is 29.0 Å². The van der Waals surface area contributed by atoms with Crippen LogP contribution in [0.25, 0.3) is 54.6 Å². The van der Waals surface area contributed by atoms with Crippen molar-refractivity contribution in [3.8, 4) is 17.5 Å². The molecule has 8 rings (SSSR count). The maximum absolute atomic E-state index is 10.7. The summed E-state index contributed by atoms with van der Waals surface area (Å²) >= 11 is 0. The van der Waals surface area contributed by atoms with E-state index < -0.39 is 0 Å². The molecule has 1 N–H and O–H groups in total. The van der Waals surface area contributed by atoms with Crippen LogP contribution >= 0.6 is 0 Å². The van der Waals surface area contributed by atoms with Gasteiger partial charge in [-0.25, -0.2) is 4.98 Å². The van der Waals surface area contributed by atoms with Crippen molar-refractivity contribution >= 4 is 54.6 Å². The van der Waals surface area contributed by atoms with Gasteiger partial charge in [0.2, 0.25) is 11.8 Å². The number of aromatic nitrogens is 4. The summed E-state index contributed by atoms with van der Waals surface area (Å²) in [5, 5.41) is 16.5. The van der Waals surface area contributed by atoms with Gasteiger partial charge >= 0.3 is 0 Å². The first-order valence-corrected chi connectivity index (χ1v) is 11.7. The molecule has 0 atom stereocenters. The van der Waals surface area contributed by atoms with Gasteiger partial charge in [-0.15, -0.1) is 29.7 Å². The molecule has 0 unspecified atom stereocenters. The Kier molecular flexibility index (Phi) is 4.75. The number of pyridine rings is 2. The first-order valence-electron chi connectivity index (χ1n) is 11.7. The van der Waals surface area contributed by atoms with Crippen molar-refractivity contribution in [1.29, 1.82) is 0 Å². The Morgan fingerprint density at radius 1 is 0.649 bits per heavy atom. The van der Waals surface area contributed by atoms with Gasteiger partial charge in [0.1, 0.15) is 5.75 Å². The van der Waals surface area contributed by atoms with E-state index in [1.54, 1.807) is 6.07 Å². The number of hydrogen-bond acceptors (Lipinski definition) is 4. The summed E-state index contributed by atoms with van der Waals surface area (Å²) < 4.78 is 10.2. The number of para-hydroxylation sites is 2. The van der Waals surface area contributed by atoms with Crippen LogP contribution in [0.5, 0.6) is 17.5 Å². The number of benzene rings is 4. The monoisotopic (exact) mass is 660 g/mol. The molecule has 6 nitrogen and oxygen atoms in total. The van der Waals surface area contributed by atoms with Crippen molar-refractivity contribution in [2.24, 2.45) is 0 Å². The molecule has 0 radical (unpaired) electrons. The number of fused-ring (bicyclic) bond motifs is 12. The van der Waals surface area contributed by atoms with Crippen molar-refractivity contribution in [3.63, 3.8) is 0 Å². The second kappa shape index (κ2) is 8.05. The zero-order valence-corrected chi connectivity index (χ0v) is 21.5. The van der Waals surface area contributed by atoms with Crippen LogP contribution in [0.2, 0.25) is 0 Å². The molecule has 37 heavy (non-hydrogen) atoms. The van der Waals surface area contributed by atoms with E-state index >= 15 is 0 Å². The molecule has 180 valence electrons. The van der Waals surface area contributed by atoms with Gasteiger partial charge in [0.15, 0.2) is 5.65 Å². The van der Waals surface area contributed by atoms with Crippen LogP contribution in [0.1, 0.15) is 0 Å². The number of phenolic OH excluding ortho intramolecular Hbond substituents is 1. The summed E-state index contributed by atoms with van der Waals surface area (Å²) in [6.07, 6.45) is 3.73. The van der Waals surface area contributed by atoms with E-state index in [4.69, 9.17) is 14.7 Å². The minimum atomic E-state index is 0. The van der Waals surface area contributed by atoms with E-state index in [1.807, 2.05) is 81.9 Å². The van der Waals surface area contributed by atoms with Crippen LogP contribution in [0.3, 0.4) is 0 Å². The van der Waals surface area contributed by atoms with Crippen molar-refractivity contribution in [1.82, 2.24) is 18.8 Å². The Morgan fingerprint density at radius 2 is 1.24 bits per heavy atom. The van der Waals surface area contributed by atoms with Gasteiger partial charge in [0.05, 0.1) is 28.9 Å². The molecule has 0 saturated heterocycles. The van der Waals surface area contributed by atoms with Gasteiger partial charge in [-0.2, -0.15) is 4.98 Å². The largest absolute Gasteiger partial charge is 0.507 e. The molecule has 4 aromatic carbocycles. The Balaban J connectivity index is 0.00000231. The maximum atomic E-state index is 10.7. The minimum absolute atomic E-state index is 0. The molecule has 7 heteroatoms. The minimum Gasteiger partial charge on any atom is -0.507 e. The summed E-state index contributed by atoms with van der Waals surface area (Å²) in [5.74, 6) is 1.02. The Labute approximate surface area is 224 Å². The third kappa shape index (κ3) is 3.09. The van der Waals surface area contributed by atoms with E-state index in [0.717, 1.165) is 43.6 Å². The summed E-state index contributed by atoms with van der Waals surface area (Å²) in [4.78, 5) is 9.58. The van der Waals surface area contributed by atoms with Crippen molar-refractivity contribution in [3.05, 3.63) is 103 Å². The Morgan fingerprint density at radius 3 is 2.00 bits per heavy atom. The van der Waals surface area contributed by atoms with E-state index in [9.17, 15) is 5.11 Å². The van der Waals surface area contributed by atoms with Gasteiger partial charge in [-0.1, -0.05) is 53.9 Å². The van der Waals surface area contributed by atoms with Gasteiger partial charge in [0.25, 0.3) is 0 Å². The van der Waals surface area contributed by atoms with Crippen LogP contribution in [-0.4, -0.2) is 23.9 Å². The fourth-order valence-electron chi connectivity index (χ4n) is 5.31. The number of imidazole rings is 2. The fourth-order valence-corrected chi connectivity index (χ4v) is 5.31. The number of phenols is 1. The predicted molar refractivity (Wildman–Crippen MR) is 141 cm³/mol. The van der Waals surface area contributed by atoms with Gasteiger partial charge in [0, 0.05) is 32.0 Å². The molecule has 0 aliphatic rings. The normalized spacial score (nSPS) is 11.7. The van der Waals surface area contributed by atoms with Crippen molar-refractivity contribution in [2.75, 3.05) is 0 Å². The Bertz CT molecular complexity index is 2090. The first-order chi connectivity index (χ1) is 17.8. The average Bonchev–Trinajstić information content (AvgIpc) is 3.54. The molecule has 0 spiro atoms. The smallest absolute Gasteiger partial charge is 0.240 e. The summed E-state index contributed by atoms with van der Waals surface area (Å²) in [5.41, 5.74) is 3.43. The van der Waals surface area contributed by atoms with Gasteiger partial charge < -0.3 is 14.2 Å². The number of rotatable bonds is 2. The van der Waals surface area contributed by atoms with Crippen LogP contribution in [0.4, 0.5) is 0 Å².